The lowest BCUT2D eigenvalue weighted by Crippen LogP contribution is -2.33. The Bertz CT molecular complexity index is 736. The second-order valence-electron chi connectivity index (χ2n) is 5.72. The lowest BCUT2D eigenvalue weighted by molar-refractivity contribution is -0.130. The molecule has 1 aliphatic carbocycles. The zero-order chi connectivity index (χ0) is 16.9. The van der Waals surface area contributed by atoms with Crippen LogP contribution in [-0.2, 0) is 9.53 Å². The van der Waals surface area contributed by atoms with Crippen molar-refractivity contribution in [2.45, 2.75) is 25.0 Å². The van der Waals surface area contributed by atoms with Gasteiger partial charge in [-0.25, -0.2) is 4.79 Å². The van der Waals surface area contributed by atoms with Crippen molar-refractivity contribution in [2.75, 3.05) is 0 Å². The first-order valence-electron chi connectivity index (χ1n) is 7.79. The molecule has 1 aliphatic rings. The highest BCUT2D eigenvalue weighted by atomic mass is 16.5. The van der Waals surface area contributed by atoms with Crippen molar-refractivity contribution in [3.63, 3.8) is 0 Å². The number of carbonyl (C=O) groups is 3. The summed E-state index contributed by atoms with van der Waals surface area (Å²) in [6.45, 7) is 0. The van der Waals surface area contributed by atoms with E-state index < -0.39 is 12.1 Å². The van der Waals surface area contributed by atoms with Crippen LogP contribution in [0.4, 0.5) is 0 Å². The number of ether oxygens (including phenoxy) is 1. The first-order valence-corrected chi connectivity index (χ1v) is 7.79. The molecule has 1 amide bonds. The predicted molar refractivity (Wildman–Crippen MR) is 87.6 cm³/mol. The molecule has 2 aromatic rings. The Morgan fingerprint density at radius 2 is 1.71 bits per heavy atom. The van der Waals surface area contributed by atoms with Gasteiger partial charge < -0.3 is 10.1 Å². The summed E-state index contributed by atoms with van der Waals surface area (Å²) >= 11 is 0. The Balaban J connectivity index is 1.78. The maximum atomic E-state index is 12.4. The Morgan fingerprint density at radius 3 is 2.29 bits per heavy atom. The van der Waals surface area contributed by atoms with E-state index in [1.165, 1.54) is 24.3 Å². The number of esters is 1. The highest BCUT2D eigenvalue weighted by molar-refractivity contribution is 5.93. The fraction of sp³-hybridized carbons (Fsp3) is 0.211. The number of nitrogens with one attached hydrogen (secondary N) is 1. The van der Waals surface area contributed by atoms with Crippen LogP contribution in [0, 0.1) is 0 Å². The molecule has 24 heavy (non-hydrogen) atoms. The number of rotatable bonds is 6. The first-order chi connectivity index (χ1) is 11.7. The SMILES string of the molecule is O=Cc1ccc(C(=O)O[C@@H](C(=O)NC2CC2)c2ccccc2)cc1. The minimum absolute atomic E-state index is 0.175. The van der Waals surface area contributed by atoms with E-state index in [4.69, 9.17) is 4.74 Å². The number of carbonyl (C=O) groups excluding carboxylic acids is 3. The standard InChI is InChI=1S/C19H17NO4/c21-12-13-6-8-15(9-7-13)19(23)24-17(14-4-2-1-3-5-14)18(22)20-16-10-11-16/h1-9,12,16-17H,10-11H2,(H,20,22)/t17-/m1/s1. The van der Waals surface area contributed by atoms with Gasteiger partial charge in [0.25, 0.3) is 5.91 Å². The van der Waals surface area contributed by atoms with E-state index in [1.54, 1.807) is 24.3 Å². The van der Waals surface area contributed by atoms with Gasteiger partial charge in [0.2, 0.25) is 6.10 Å². The molecule has 1 saturated carbocycles. The van der Waals surface area contributed by atoms with Gasteiger partial charge in [-0.05, 0) is 25.0 Å². The van der Waals surface area contributed by atoms with Crippen molar-refractivity contribution >= 4 is 18.2 Å². The fourth-order valence-corrected chi connectivity index (χ4v) is 2.28. The largest absolute Gasteiger partial charge is 0.444 e. The van der Waals surface area contributed by atoms with E-state index in [2.05, 4.69) is 5.32 Å². The average molecular weight is 323 g/mol. The number of benzene rings is 2. The van der Waals surface area contributed by atoms with E-state index in [1.807, 2.05) is 6.07 Å². The van der Waals surface area contributed by atoms with Gasteiger partial charge in [-0.15, -0.1) is 0 Å². The van der Waals surface area contributed by atoms with Gasteiger partial charge in [-0.2, -0.15) is 0 Å². The Kier molecular flexibility index (Phi) is 4.70. The molecule has 122 valence electrons. The van der Waals surface area contributed by atoms with Crippen LogP contribution in [0.3, 0.4) is 0 Å². The molecule has 0 aliphatic heterocycles. The lowest BCUT2D eigenvalue weighted by Gasteiger charge is -2.18. The van der Waals surface area contributed by atoms with Crippen LogP contribution in [0.15, 0.2) is 54.6 Å². The smallest absolute Gasteiger partial charge is 0.339 e. The number of hydrogen-bond acceptors (Lipinski definition) is 4. The number of amides is 1. The van der Waals surface area contributed by atoms with E-state index in [9.17, 15) is 14.4 Å². The van der Waals surface area contributed by atoms with Crippen LogP contribution in [0.25, 0.3) is 0 Å². The minimum atomic E-state index is -0.995. The van der Waals surface area contributed by atoms with Crippen molar-refractivity contribution in [3.8, 4) is 0 Å². The van der Waals surface area contributed by atoms with Gasteiger partial charge in [-0.1, -0.05) is 42.5 Å². The molecule has 5 heteroatoms. The molecule has 0 spiro atoms. The van der Waals surface area contributed by atoms with Crippen LogP contribution >= 0.6 is 0 Å². The van der Waals surface area contributed by atoms with Crippen molar-refractivity contribution in [1.82, 2.24) is 5.32 Å². The summed E-state index contributed by atoms with van der Waals surface area (Å²) in [7, 11) is 0. The van der Waals surface area contributed by atoms with Crippen LogP contribution in [0.1, 0.15) is 45.2 Å². The van der Waals surface area contributed by atoms with Gasteiger partial charge in [-0.3, -0.25) is 9.59 Å². The third kappa shape index (κ3) is 3.87. The highest BCUT2D eigenvalue weighted by Crippen LogP contribution is 2.24. The third-order valence-electron chi connectivity index (χ3n) is 3.77. The topological polar surface area (TPSA) is 72.5 Å². The molecule has 0 bridgehead atoms. The molecule has 0 aromatic heterocycles. The molecule has 1 N–H and O–H groups in total. The van der Waals surface area contributed by atoms with Crippen LogP contribution in [-0.4, -0.2) is 24.2 Å². The van der Waals surface area contributed by atoms with E-state index in [0.717, 1.165) is 12.8 Å². The second-order valence-corrected chi connectivity index (χ2v) is 5.72. The molecule has 0 radical (unpaired) electrons. The van der Waals surface area contributed by atoms with Crippen molar-refractivity contribution in [1.29, 1.82) is 0 Å². The van der Waals surface area contributed by atoms with Gasteiger partial charge in [0.05, 0.1) is 5.56 Å². The summed E-state index contributed by atoms with van der Waals surface area (Å²) in [5, 5.41) is 2.87. The number of aldehydes is 1. The molecule has 3 rings (SSSR count). The van der Waals surface area contributed by atoms with E-state index >= 15 is 0 Å². The molecule has 5 nitrogen and oxygen atoms in total. The Hall–Kier alpha value is -2.95. The third-order valence-corrected chi connectivity index (χ3v) is 3.77. The molecular formula is C19H17NO4. The predicted octanol–water partition coefficient (Wildman–Crippen LogP) is 2.68. The molecule has 2 aromatic carbocycles. The quantitative estimate of drug-likeness (QED) is 0.655. The molecule has 1 fully saturated rings. The maximum Gasteiger partial charge on any atom is 0.339 e. The zero-order valence-corrected chi connectivity index (χ0v) is 13.0. The van der Waals surface area contributed by atoms with Crippen LogP contribution < -0.4 is 5.32 Å². The van der Waals surface area contributed by atoms with Crippen molar-refractivity contribution < 1.29 is 19.1 Å². The monoisotopic (exact) mass is 323 g/mol. The van der Waals surface area contributed by atoms with Gasteiger partial charge in [0, 0.05) is 17.2 Å². The fourth-order valence-electron chi connectivity index (χ4n) is 2.28. The van der Waals surface area contributed by atoms with Gasteiger partial charge >= 0.3 is 5.97 Å². The lowest BCUT2D eigenvalue weighted by atomic mass is 10.1. The molecule has 0 unspecified atom stereocenters. The van der Waals surface area contributed by atoms with E-state index in [-0.39, 0.29) is 11.9 Å². The Morgan fingerprint density at radius 1 is 1.04 bits per heavy atom. The summed E-state index contributed by atoms with van der Waals surface area (Å²) in [5.41, 5.74) is 1.38. The van der Waals surface area contributed by atoms with E-state index in [0.29, 0.717) is 23.0 Å². The summed E-state index contributed by atoms with van der Waals surface area (Å²) in [4.78, 5) is 35.4. The molecule has 0 saturated heterocycles. The summed E-state index contributed by atoms with van der Waals surface area (Å²) in [6.07, 6.45) is 1.61. The van der Waals surface area contributed by atoms with Crippen LogP contribution in [0.2, 0.25) is 0 Å². The van der Waals surface area contributed by atoms with Crippen LogP contribution in [0.5, 0.6) is 0 Å². The van der Waals surface area contributed by atoms with Crippen molar-refractivity contribution in [2.24, 2.45) is 0 Å². The Labute approximate surface area is 139 Å². The van der Waals surface area contributed by atoms with Gasteiger partial charge in [0.1, 0.15) is 6.29 Å². The van der Waals surface area contributed by atoms with Gasteiger partial charge in [0.15, 0.2) is 0 Å². The molecular weight excluding hydrogens is 306 g/mol. The highest BCUT2D eigenvalue weighted by Gasteiger charge is 2.31. The number of hydrogen-bond donors (Lipinski definition) is 1. The molecule has 1 atom stereocenters. The van der Waals surface area contributed by atoms with Crippen molar-refractivity contribution in [3.05, 3.63) is 71.3 Å². The zero-order valence-electron chi connectivity index (χ0n) is 13.0. The normalized spacial score (nSPS) is 14.5. The molecule has 0 heterocycles. The summed E-state index contributed by atoms with van der Waals surface area (Å²) in [5.74, 6) is -0.922. The second kappa shape index (κ2) is 7.08. The average Bonchev–Trinajstić information content (AvgIpc) is 3.44. The maximum absolute atomic E-state index is 12.4. The summed E-state index contributed by atoms with van der Waals surface area (Å²) < 4.78 is 5.45. The minimum Gasteiger partial charge on any atom is -0.444 e. The first kappa shape index (κ1) is 15.9. The summed E-state index contributed by atoms with van der Waals surface area (Å²) in [6, 6.07) is 15.2.